The second kappa shape index (κ2) is 13.5. The minimum Gasteiger partial charge on any atom is -0.497 e. The summed E-state index contributed by atoms with van der Waals surface area (Å²) in [5, 5.41) is 15.4. The molecule has 1 aliphatic rings. The van der Waals surface area contributed by atoms with Gasteiger partial charge in [-0.15, -0.1) is 0 Å². The molecule has 0 aliphatic carbocycles. The van der Waals surface area contributed by atoms with Gasteiger partial charge in [0.1, 0.15) is 17.7 Å². The van der Waals surface area contributed by atoms with Crippen LogP contribution < -0.4 is 20.1 Å². The summed E-state index contributed by atoms with van der Waals surface area (Å²) in [5.74, 6) is 0.250. The Morgan fingerprint density at radius 1 is 1.15 bits per heavy atom. The van der Waals surface area contributed by atoms with E-state index in [1.807, 2.05) is 38.2 Å². The number of urea groups is 1. The Kier molecular flexibility index (Phi) is 9.80. The summed E-state index contributed by atoms with van der Waals surface area (Å²) in [7, 11) is 3.63. The highest BCUT2D eigenvalue weighted by atomic mass is 19.1. The first-order valence-electron chi connectivity index (χ1n) is 13.5. The summed E-state index contributed by atoms with van der Waals surface area (Å²) in [6.07, 6.45) is -0.346. The Bertz CT molecular complexity index is 1340. The SMILES string of the molecule is COc1ccc(CN(C)C[C@H]2Oc3c(NC(=O)Nc4ccc(F)cc4)cccc3C(=O)N([C@H](C)CO)C[C@@H]2C)cc1. The number of carbonyl (C=O) groups is 2. The predicted octanol–water partition coefficient (Wildman–Crippen LogP) is 4.83. The van der Waals surface area contributed by atoms with E-state index in [0.29, 0.717) is 36.6 Å². The van der Waals surface area contributed by atoms with E-state index in [4.69, 9.17) is 9.47 Å². The average molecular weight is 565 g/mol. The number of nitrogens with zero attached hydrogens (tertiary/aromatic N) is 2. The van der Waals surface area contributed by atoms with Gasteiger partial charge in [-0.2, -0.15) is 0 Å². The number of aliphatic hydroxyl groups is 1. The van der Waals surface area contributed by atoms with E-state index in [1.54, 1.807) is 37.1 Å². The number of para-hydroxylation sites is 1. The number of aliphatic hydroxyl groups excluding tert-OH is 1. The fourth-order valence-corrected chi connectivity index (χ4v) is 4.79. The normalized spacial score (nSPS) is 17.6. The van der Waals surface area contributed by atoms with Crippen molar-refractivity contribution in [3.05, 3.63) is 83.7 Å². The molecule has 0 radical (unpaired) electrons. The molecule has 0 bridgehead atoms. The van der Waals surface area contributed by atoms with Crippen molar-refractivity contribution in [2.75, 3.05) is 44.5 Å². The summed E-state index contributed by atoms with van der Waals surface area (Å²) >= 11 is 0. The van der Waals surface area contributed by atoms with E-state index in [-0.39, 0.29) is 30.3 Å². The Balaban J connectivity index is 1.61. The van der Waals surface area contributed by atoms with Crippen LogP contribution >= 0.6 is 0 Å². The number of benzene rings is 3. The van der Waals surface area contributed by atoms with Gasteiger partial charge in [0.2, 0.25) is 0 Å². The quantitative estimate of drug-likeness (QED) is 0.344. The average Bonchev–Trinajstić information content (AvgIpc) is 2.96. The molecule has 0 aromatic heterocycles. The topological polar surface area (TPSA) is 103 Å². The molecule has 218 valence electrons. The minimum absolute atomic E-state index is 0.0967. The first-order chi connectivity index (χ1) is 19.7. The van der Waals surface area contributed by atoms with Crippen LogP contribution in [0, 0.1) is 11.7 Å². The summed E-state index contributed by atoms with van der Waals surface area (Å²) in [6.45, 7) is 5.23. The van der Waals surface area contributed by atoms with Crippen molar-refractivity contribution in [3.8, 4) is 11.5 Å². The van der Waals surface area contributed by atoms with Gasteiger partial charge in [0.05, 0.1) is 31.0 Å². The van der Waals surface area contributed by atoms with Crippen LogP contribution in [0.15, 0.2) is 66.7 Å². The number of carbonyl (C=O) groups excluding carboxylic acids is 2. The number of amides is 3. The van der Waals surface area contributed by atoms with Gasteiger partial charge in [-0.1, -0.05) is 25.1 Å². The molecule has 3 aromatic rings. The Morgan fingerprint density at radius 2 is 1.85 bits per heavy atom. The highest BCUT2D eigenvalue weighted by Crippen LogP contribution is 2.35. The van der Waals surface area contributed by atoms with Crippen LogP contribution in [0.1, 0.15) is 29.8 Å². The molecule has 0 spiro atoms. The molecule has 3 atom stereocenters. The van der Waals surface area contributed by atoms with Gasteiger partial charge in [0, 0.05) is 31.2 Å². The third-order valence-electron chi connectivity index (χ3n) is 7.14. The maximum atomic E-state index is 13.7. The van der Waals surface area contributed by atoms with Gasteiger partial charge in [-0.05, 0) is 68.1 Å². The largest absolute Gasteiger partial charge is 0.497 e. The highest BCUT2D eigenvalue weighted by Gasteiger charge is 2.34. The second-order valence-corrected chi connectivity index (χ2v) is 10.4. The van der Waals surface area contributed by atoms with Crippen molar-refractivity contribution in [3.63, 3.8) is 0 Å². The molecule has 4 rings (SSSR count). The molecule has 3 N–H and O–H groups in total. The van der Waals surface area contributed by atoms with Crippen LogP contribution in [0.2, 0.25) is 0 Å². The van der Waals surface area contributed by atoms with Gasteiger partial charge in [0.15, 0.2) is 5.75 Å². The molecule has 0 unspecified atom stereocenters. The first kappa shape index (κ1) is 29.8. The van der Waals surface area contributed by atoms with E-state index in [0.717, 1.165) is 11.3 Å². The number of ether oxygens (including phenoxy) is 2. The van der Waals surface area contributed by atoms with E-state index < -0.39 is 17.9 Å². The molecule has 1 aliphatic heterocycles. The zero-order valence-corrected chi connectivity index (χ0v) is 23.8. The van der Waals surface area contributed by atoms with Crippen LogP contribution in [0.25, 0.3) is 0 Å². The van der Waals surface area contributed by atoms with Gasteiger partial charge < -0.3 is 30.1 Å². The van der Waals surface area contributed by atoms with Crippen LogP contribution in [-0.4, -0.2) is 72.8 Å². The van der Waals surface area contributed by atoms with Crippen LogP contribution in [0.4, 0.5) is 20.6 Å². The van der Waals surface area contributed by atoms with Crippen molar-refractivity contribution in [1.82, 2.24) is 9.80 Å². The van der Waals surface area contributed by atoms with E-state index in [1.165, 1.54) is 24.3 Å². The molecule has 0 saturated carbocycles. The second-order valence-electron chi connectivity index (χ2n) is 10.4. The summed E-state index contributed by atoms with van der Waals surface area (Å²) in [4.78, 5) is 30.3. The number of likely N-dealkylation sites (N-methyl/N-ethyl adjacent to an activating group) is 1. The molecule has 41 heavy (non-hydrogen) atoms. The Labute approximate surface area is 239 Å². The van der Waals surface area contributed by atoms with E-state index >= 15 is 0 Å². The minimum atomic E-state index is -0.565. The first-order valence-corrected chi connectivity index (χ1v) is 13.5. The van der Waals surface area contributed by atoms with Crippen molar-refractivity contribution in [1.29, 1.82) is 0 Å². The number of fused-ring (bicyclic) bond motifs is 1. The van der Waals surface area contributed by atoms with Gasteiger partial charge in [-0.3, -0.25) is 9.69 Å². The third-order valence-corrected chi connectivity index (χ3v) is 7.14. The standard InChI is InChI=1S/C31H37FN4O5/c1-20-16-36(21(2)19-37)30(38)26-6-5-7-27(34-31(39)33-24-12-10-23(32)11-13-24)29(26)41-28(20)18-35(3)17-22-8-14-25(40-4)15-9-22/h5-15,20-21,28,37H,16-19H2,1-4H3,(H2,33,34,39)/t20-,21+,28+/m0/s1. The summed E-state index contributed by atoms with van der Waals surface area (Å²) in [6, 6.07) is 17.3. The number of halogens is 1. The van der Waals surface area contributed by atoms with Crippen molar-refractivity contribution < 1.29 is 28.6 Å². The lowest BCUT2D eigenvalue weighted by atomic mass is 9.99. The number of anilines is 2. The van der Waals surface area contributed by atoms with Gasteiger partial charge >= 0.3 is 6.03 Å². The molecule has 10 heteroatoms. The molecule has 0 saturated heterocycles. The van der Waals surface area contributed by atoms with Crippen molar-refractivity contribution in [2.45, 2.75) is 32.5 Å². The zero-order valence-electron chi connectivity index (χ0n) is 23.8. The van der Waals surface area contributed by atoms with Crippen LogP contribution in [-0.2, 0) is 6.54 Å². The number of nitrogens with one attached hydrogen (secondary N) is 2. The van der Waals surface area contributed by atoms with Crippen molar-refractivity contribution in [2.24, 2.45) is 5.92 Å². The monoisotopic (exact) mass is 564 g/mol. The van der Waals surface area contributed by atoms with Crippen LogP contribution in [0.5, 0.6) is 11.5 Å². The van der Waals surface area contributed by atoms with Gasteiger partial charge in [0.25, 0.3) is 5.91 Å². The highest BCUT2D eigenvalue weighted by molar-refractivity contribution is 6.04. The smallest absolute Gasteiger partial charge is 0.323 e. The molecule has 0 fully saturated rings. The Hall–Kier alpha value is -4.15. The predicted molar refractivity (Wildman–Crippen MR) is 156 cm³/mol. The molecule has 1 heterocycles. The number of hydrogen-bond donors (Lipinski definition) is 3. The summed E-state index contributed by atoms with van der Waals surface area (Å²) in [5.41, 5.74) is 2.13. The van der Waals surface area contributed by atoms with Gasteiger partial charge in [-0.25, -0.2) is 9.18 Å². The summed E-state index contributed by atoms with van der Waals surface area (Å²) < 4.78 is 25.1. The molecule has 3 aromatic carbocycles. The molecule has 9 nitrogen and oxygen atoms in total. The van der Waals surface area contributed by atoms with Crippen LogP contribution in [0.3, 0.4) is 0 Å². The molecular weight excluding hydrogens is 527 g/mol. The maximum Gasteiger partial charge on any atom is 0.323 e. The lowest BCUT2D eigenvalue weighted by molar-refractivity contribution is 0.0343. The Morgan fingerprint density at radius 3 is 2.51 bits per heavy atom. The zero-order chi connectivity index (χ0) is 29.5. The lowest BCUT2D eigenvalue weighted by Gasteiger charge is -2.38. The fourth-order valence-electron chi connectivity index (χ4n) is 4.79. The maximum absolute atomic E-state index is 13.7. The third kappa shape index (κ3) is 7.53. The van der Waals surface area contributed by atoms with E-state index in [9.17, 15) is 19.1 Å². The number of hydrogen-bond acceptors (Lipinski definition) is 6. The van der Waals surface area contributed by atoms with E-state index in [2.05, 4.69) is 15.5 Å². The molecular formula is C31H37FN4O5. The lowest BCUT2D eigenvalue weighted by Crippen LogP contribution is -2.49. The fraction of sp³-hybridized carbons (Fsp3) is 0.355. The van der Waals surface area contributed by atoms with Crippen molar-refractivity contribution >= 4 is 23.3 Å². The number of methoxy groups -OCH3 is 1. The number of rotatable bonds is 9. The molecule has 3 amide bonds.